The lowest BCUT2D eigenvalue weighted by atomic mass is 9.43. The third-order valence-corrected chi connectivity index (χ3v) is 12.4. The van der Waals surface area contributed by atoms with Gasteiger partial charge >= 0.3 is 0 Å². The molecular weight excluding hydrogens is 569 g/mol. The first-order chi connectivity index (χ1) is 21.1. The van der Waals surface area contributed by atoms with Gasteiger partial charge in [0.15, 0.2) is 6.29 Å². The molecule has 0 heterocycles. The molecule has 9 nitrogen and oxygen atoms in total. The molecule has 1 amide bonds. The van der Waals surface area contributed by atoms with Gasteiger partial charge in [-0.25, -0.2) is 4.39 Å². The molecule has 44 heavy (non-hydrogen) atoms. The first-order valence-electron chi connectivity index (χ1n) is 15.9. The van der Waals surface area contributed by atoms with Gasteiger partial charge in [-0.3, -0.25) is 24.0 Å². The van der Waals surface area contributed by atoms with Gasteiger partial charge in [0, 0.05) is 17.8 Å². The van der Waals surface area contributed by atoms with Gasteiger partial charge in [0.05, 0.1) is 11.3 Å². The molecule has 0 unspecified atom stereocenters. The average Bonchev–Trinajstić information content (AvgIpc) is 3.35. The fourth-order valence-electron chi connectivity index (χ4n) is 10.3. The molecule has 11 atom stereocenters. The topological polar surface area (TPSA) is 125 Å². The van der Waals surface area contributed by atoms with Crippen LogP contribution in [0.4, 0.5) is 10.1 Å². The number of nitrogens with one attached hydrogen (secondary N) is 1. The van der Waals surface area contributed by atoms with Gasteiger partial charge in [-0.15, -0.1) is 0 Å². The van der Waals surface area contributed by atoms with Gasteiger partial charge in [-0.2, -0.15) is 0 Å². The van der Waals surface area contributed by atoms with Crippen LogP contribution in [0.2, 0.25) is 0 Å². The summed E-state index contributed by atoms with van der Waals surface area (Å²) in [5, 5.41) is 2.68. The molecule has 0 spiro atoms. The second-order valence-electron chi connectivity index (χ2n) is 14.0. The van der Waals surface area contributed by atoms with Gasteiger partial charge in [0.2, 0.25) is 5.91 Å². The molecule has 1 N–H and O–H groups in total. The van der Waals surface area contributed by atoms with E-state index in [-0.39, 0.29) is 88.2 Å². The first-order valence-corrected chi connectivity index (χ1v) is 15.9. The lowest BCUT2D eigenvalue weighted by Crippen LogP contribution is -2.63. The van der Waals surface area contributed by atoms with Crippen LogP contribution in [0.15, 0.2) is 18.2 Å². The number of hydrogen-bond acceptors (Lipinski definition) is 8. The number of carbonyl (C=O) groups is 5. The molecule has 0 bridgehead atoms. The Morgan fingerprint density at radius 3 is 2.45 bits per heavy atom. The maximum absolute atomic E-state index is 14.0. The summed E-state index contributed by atoms with van der Waals surface area (Å²) in [7, 11) is 0. The molecular formula is C34H44FNO8. The summed E-state index contributed by atoms with van der Waals surface area (Å²) in [6.45, 7) is 8.28. The van der Waals surface area contributed by atoms with Crippen LogP contribution in [0.3, 0.4) is 0 Å². The van der Waals surface area contributed by atoms with Crippen LogP contribution in [-0.4, -0.2) is 49.9 Å². The van der Waals surface area contributed by atoms with Crippen LogP contribution in [0.1, 0.15) is 88.9 Å². The van der Waals surface area contributed by atoms with Crippen molar-refractivity contribution in [2.45, 2.75) is 96.9 Å². The van der Waals surface area contributed by atoms with E-state index in [4.69, 9.17) is 14.2 Å². The fourth-order valence-corrected chi connectivity index (χ4v) is 10.3. The number of benzene rings is 1. The highest BCUT2D eigenvalue weighted by atomic mass is 19.1. The molecule has 4 fully saturated rings. The number of aldehydes is 1. The molecule has 10 heteroatoms. The van der Waals surface area contributed by atoms with Crippen molar-refractivity contribution in [2.24, 2.45) is 46.3 Å². The van der Waals surface area contributed by atoms with Crippen LogP contribution in [-0.2, 0) is 33.4 Å². The number of halogens is 1. The quantitative estimate of drug-likeness (QED) is 0.242. The van der Waals surface area contributed by atoms with E-state index in [1.54, 1.807) is 0 Å². The van der Waals surface area contributed by atoms with E-state index in [0.29, 0.717) is 45.0 Å². The fraction of sp³-hybridized carbons (Fsp3) is 0.676. The lowest BCUT2D eigenvalue weighted by Gasteiger charge is -2.64. The Kier molecular flexibility index (Phi) is 9.47. The summed E-state index contributed by atoms with van der Waals surface area (Å²) >= 11 is 0. The van der Waals surface area contributed by atoms with Gasteiger partial charge in [-0.05, 0) is 98.5 Å². The smallest absolute Gasteiger partial charge is 0.293 e. The molecule has 240 valence electrons. The van der Waals surface area contributed by atoms with E-state index in [0.717, 1.165) is 32.1 Å². The average molecular weight is 614 g/mol. The highest BCUT2D eigenvalue weighted by Gasteiger charge is 2.67. The third-order valence-electron chi connectivity index (χ3n) is 12.4. The number of hydrogen-bond donors (Lipinski definition) is 1. The van der Waals surface area contributed by atoms with Gasteiger partial charge in [0.25, 0.3) is 19.4 Å². The zero-order chi connectivity index (χ0) is 31.6. The normalized spacial score (nSPS) is 38.1. The predicted molar refractivity (Wildman–Crippen MR) is 158 cm³/mol. The van der Waals surface area contributed by atoms with Crippen molar-refractivity contribution < 1.29 is 42.6 Å². The summed E-state index contributed by atoms with van der Waals surface area (Å²) in [5.41, 5.74) is -0.469. The number of amides is 1. The molecule has 0 saturated heterocycles. The Hall–Kier alpha value is -3.30. The van der Waals surface area contributed by atoms with Gasteiger partial charge < -0.3 is 19.5 Å². The van der Waals surface area contributed by atoms with Crippen molar-refractivity contribution >= 4 is 37.3 Å². The second-order valence-corrected chi connectivity index (χ2v) is 14.0. The van der Waals surface area contributed by atoms with Gasteiger partial charge in [0.1, 0.15) is 24.1 Å². The maximum atomic E-state index is 14.0. The molecule has 0 radical (unpaired) electrons. The highest BCUT2D eigenvalue weighted by Crippen LogP contribution is 2.69. The van der Waals surface area contributed by atoms with E-state index < -0.39 is 5.82 Å². The summed E-state index contributed by atoms with van der Waals surface area (Å²) in [4.78, 5) is 59.0. The van der Waals surface area contributed by atoms with Crippen LogP contribution >= 0.6 is 0 Å². The van der Waals surface area contributed by atoms with E-state index in [2.05, 4.69) is 26.1 Å². The highest BCUT2D eigenvalue weighted by molar-refractivity contribution is 5.96. The minimum absolute atomic E-state index is 0.0684. The molecule has 4 saturated carbocycles. The lowest BCUT2D eigenvalue weighted by molar-refractivity contribution is -0.218. The van der Waals surface area contributed by atoms with E-state index in [1.807, 2.05) is 0 Å². The number of fused-ring (bicyclic) bond motifs is 5. The number of carbonyl (C=O) groups excluding carboxylic acids is 5. The molecule has 4 aliphatic carbocycles. The molecule has 1 aromatic carbocycles. The largest absolute Gasteiger partial charge is 0.465 e. The van der Waals surface area contributed by atoms with Crippen LogP contribution in [0.25, 0.3) is 0 Å². The van der Waals surface area contributed by atoms with Gasteiger partial charge in [-0.1, -0.05) is 26.8 Å². The Labute approximate surface area is 257 Å². The van der Waals surface area contributed by atoms with Crippen molar-refractivity contribution in [2.75, 3.05) is 5.32 Å². The summed E-state index contributed by atoms with van der Waals surface area (Å²) in [5.74, 6) is -0.0742. The SMILES string of the molecule is C[C@H](CCC(=O)Nc1cccc(F)c1C=O)[C@H]1CC[C@H]2[C@@H]3[C@H](OC=O)C[C@@H]4C[C@H](OC=O)CC[C@]4(C)[C@H]3C[C@H](OC=O)[C@]12C. The second kappa shape index (κ2) is 13.0. The molecule has 5 rings (SSSR count). The molecule has 0 aromatic heterocycles. The third kappa shape index (κ3) is 5.53. The number of rotatable bonds is 12. The number of anilines is 1. The molecule has 4 aliphatic rings. The monoisotopic (exact) mass is 613 g/mol. The van der Waals surface area contributed by atoms with Crippen LogP contribution < -0.4 is 5.32 Å². The van der Waals surface area contributed by atoms with Crippen molar-refractivity contribution in [3.8, 4) is 0 Å². The van der Waals surface area contributed by atoms with Crippen molar-refractivity contribution in [1.29, 1.82) is 0 Å². The molecule has 1 aromatic rings. The van der Waals surface area contributed by atoms with Crippen LogP contribution in [0, 0.1) is 52.2 Å². The minimum atomic E-state index is -0.685. The zero-order valence-corrected chi connectivity index (χ0v) is 25.7. The first kappa shape index (κ1) is 32.1. The maximum Gasteiger partial charge on any atom is 0.293 e. The minimum Gasteiger partial charge on any atom is -0.465 e. The van der Waals surface area contributed by atoms with E-state index >= 15 is 0 Å². The predicted octanol–water partition coefficient (Wildman–Crippen LogP) is 5.50. The van der Waals surface area contributed by atoms with E-state index in [9.17, 15) is 28.4 Å². The van der Waals surface area contributed by atoms with Crippen molar-refractivity contribution in [1.82, 2.24) is 0 Å². The Balaban J connectivity index is 1.36. The Morgan fingerprint density at radius 2 is 1.75 bits per heavy atom. The summed E-state index contributed by atoms with van der Waals surface area (Å²) in [6.07, 6.45) is 5.99. The van der Waals surface area contributed by atoms with Crippen molar-refractivity contribution in [3.63, 3.8) is 0 Å². The number of ether oxygens (including phenoxy) is 3. The summed E-state index contributed by atoms with van der Waals surface area (Å²) in [6, 6.07) is 4.13. The van der Waals surface area contributed by atoms with Crippen molar-refractivity contribution in [3.05, 3.63) is 29.6 Å². The van der Waals surface area contributed by atoms with E-state index in [1.165, 1.54) is 18.2 Å². The van der Waals surface area contributed by atoms with Crippen LogP contribution in [0.5, 0.6) is 0 Å². The Bertz CT molecular complexity index is 1260. The standard InChI is InChI=1S/C34H44FNO8/c1-20(7-10-31(41)36-28-6-4-5-27(35)23(28)16-37)24-8-9-25-32-26(15-30(44-19-40)34(24,25)3)33(2)12-11-22(42-17-38)13-21(33)14-29(32)43-18-39/h4-6,16-22,24-26,29-30,32H,7-15H2,1-3H3,(H,36,41)/t20-,21+,22-,24-,25+,26+,29-,30+,32+,33+,34-/m1/s1. The molecule has 0 aliphatic heterocycles. The summed E-state index contributed by atoms with van der Waals surface area (Å²) < 4.78 is 31.2. The Morgan fingerprint density at radius 1 is 1.00 bits per heavy atom. The zero-order valence-electron chi connectivity index (χ0n) is 25.7.